The van der Waals surface area contributed by atoms with Crippen LogP contribution in [-0.4, -0.2) is 24.0 Å². The van der Waals surface area contributed by atoms with Crippen LogP contribution in [0.15, 0.2) is 48.5 Å². The van der Waals surface area contributed by atoms with Crippen molar-refractivity contribution in [1.29, 1.82) is 0 Å². The summed E-state index contributed by atoms with van der Waals surface area (Å²) in [5, 5.41) is 2.51. The zero-order valence-corrected chi connectivity index (χ0v) is 12.6. The van der Waals surface area contributed by atoms with Gasteiger partial charge in [-0.05, 0) is 36.5 Å². The van der Waals surface area contributed by atoms with Crippen LogP contribution in [0.5, 0.6) is 0 Å². The molecule has 3 rings (SSSR count). The second kappa shape index (κ2) is 6.77. The minimum absolute atomic E-state index is 0.00147. The Balaban J connectivity index is 1.58. The van der Waals surface area contributed by atoms with Gasteiger partial charge in [-0.25, -0.2) is 13.6 Å². The van der Waals surface area contributed by atoms with Crippen molar-refractivity contribution >= 4 is 11.7 Å². The first kappa shape index (κ1) is 15.5. The molecule has 0 bridgehead atoms. The SMILES string of the molecule is O=C(Nc1ccc(F)cc1F)N1CCC(c2ccccc2)CC1. The molecule has 1 saturated heterocycles. The van der Waals surface area contributed by atoms with Gasteiger partial charge in [0.25, 0.3) is 0 Å². The summed E-state index contributed by atoms with van der Waals surface area (Å²) in [6.07, 6.45) is 1.76. The van der Waals surface area contributed by atoms with Gasteiger partial charge in [0.1, 0.15) is 11.6 Å². The van der Waals surface area contributed by atoms with E-state index in [1.165, 1.54) is 11.6 Å². The molecule has 2 amide bonds. The molecule has 0 spiro atoms. The van der Waals surface area contributed by atoms with Crippen molar-refractivity contribution in [2.45, 2.75) is 18.8 Å². The van der Waals surface area contributed by atoms with Crippen LogP contribution >= 0.6 is 0 Å². The maximum atomic E-state index is 13.6. The van der Waals surface area contributed by atoms with E-state index in [-0.39, 0.29) is 11.7 Å². The average Bonchev–Trinajstić information content (AvgIpc) is 2.58. The number of hydrogen-bond donors (Lipinski definition) is 1. The second-order valence-corrected chi connectivity index (χ2v) is 5.73. The molecular formula is C18H18F2N2O. The zero-order chi connectivity index (χ0) is 16.2. The van der Waals surface area contributed by atoms with Crippen LogP contribution in [0.25, 0.3) is 0 Å². The molecule has 0 saturated carbocycles. The number of piperidine rings is 1. The number of likely N-dealkylation sites (tertiary alicyclic amines) is 1. The summed E-state index contributed by atoms with van der Waals surface area (Å²) in [6, 6.07) is 13.0. The van der Waals surface area contributed by atoms with Crippen LogP contribution < -0.4 is 5.32 Å². The van der Waals surface area contributed by atoms with Gasteiger partial charge in [0.05, 0.1) is 5.69 Å². The topological polar surface area (TPSA) is 32.3 Å². The number of urea groups is 1. The summed E-state index contributed by atoms with van der Waals surface area (Å²) in [7, 11) is 0. The monoisotopic (exact) mass is 316 g/mol. The Morgan fingerprint density at radius 1 is 1.04 bits per heavy atom. The molecule has 0 atom stereocenters. The molecule has 2 aromatic rings. The minimum atomic E-state index is -0.766. The van der Waals surface area contributed by atoms with E-state index >= 15 is 0 Å². The molecule has 3 nitrogen and oxygen atoms in total. The number of nitrogens with zero attached hydrogens (tertiary/aromatic N) is 1. The van der Waals surface area contributed by atoms with E-state index in [2.05, 4.69) is 17.4 Å². The number of amides is 2. The van der Waals surface area contributed by atoms with E-state index in [1.54, 1.807) is 4.90 Å². The van der Waals surface area contributed by atoms with Gasteiger partial charge in [-0.15, -0.1) is 0 Å². The molecule has 1 aliphatic rings. The summed E-state index contributed by atoms with van der Waals surface area (Å²) in [5.74, 6) is -0.982. The van der Waals surface area contributed by atoms with Crippen molar-refractivity contribution in [2.75, 3.05) is 18.4 Å². The Morgan fingerprint density at radius 2 is 1.74 bits per heavy atom. The van der Waals surface area contributed by atoms with Crippen molar-refractivity contribution in [1.82, 2.24) is 4.90 Å². The molecule has 0 unspecified atom stereocenters. The van der Waals surface area contributed by atoms with E-state index in [0.717, 1.165) is 25.0 Å². The first-order valence-corrected chi connectivity index (χ1v) is 7.69. The van der Waals surface area contributed by atoms with Crippen molar-refractivity contribution in [3.63, 3.8) is 0 Å². The van der Waals surface area contributed by atoms with Crippen LogP contribution in [0, 0.1) is 11.6 Å². The fourth-order valence-electron chi connectivity index (χ4n) is 2.93. The van der Waals surface area contributed by atoms with Crippen LogP contribution in [0.4, 0.5) is 19.3 Å². The maximum absolute atomic E-state index is 13.6. The molecule has 0 aromatic heterocycles. The van der Waals surface area contributed by atoms with Gasteiger partial charge in [0.2, 0.25) is 0 Å². The largest absolute Gasteiger partial charge is 0.324 e. The Morgan fingerprint density at radius 3 is 2.39 bits per heavy atom. The first-order valence-electron chi connectivity index (χ1n) is 7.69. The van der Waals surface area contributed by atoms with Crippen LogP contribution in [0.1, 0.15) is 24.3 Å². The Kier molecular flexibility index (Phi) is 4.55. The van der Waals surface area contributed by atoms with Gasteiger partial charge in [0.15, 0.2) is 0 Å². The summed E-state index contributed by atoms with van der Waals surface area (Å²) in [6.45, 7) is 1.24. The quantitative estimate of drug-likeness (QED) is 0.876. The smallest absolute Gasteiger partial charge is 0.321 e. The van der Waals surface area contributed by atoms with Crippen molar-refractivity contribution < 1.29 is 13.6 Å². The van der Waals surface area contributed by atoms with Gasteiger partial charge in [-0.1, -0.05) is 30.3 Å². The molecule has 0 aliphatic carbocycles. The highest BCUT2D eigenvalue weighted by molar-refractivity contribution is 5.89. The van der Waals surface area contributed by atoms with E-state index < -0.39 is 11.6 Å². The van der Waals surface area contributed by atoms with Crippen molar-refractivity contribution in [3.05, 3.63) is 65.7 Å². The van der Waals surface area contributed by atoms with Gasteiger partial charge in [-0.3, -0.25) is 0 Å². The molecule has 1 fully saturated rings. The molecule has 2 aromatic carbocycles. The summed E-state index contributed by atoms with van der Waals surface area (Å²) >= 11 is 0. The van der Waals surface area contributed by atoms with Crippen LogP contribution in [-0.2, 0) is 0 Å². The highest BCUT2D eigenvalue weighted by Gasteiger charge is 2.24. The second-order valence-electron chi connectivity index (χ2n) is 5.73. The first-order chi connectivity index (χ1) is 11.1. The van der Waals surface area contributed by atoms with E-state index in [9.17, 15) is 13.6 Å². The fraction of sp³-hybridized carbons (Fsp3) is 0.278. The van der Waals surface area contributed by atoms with Crippen molar-refractivity contribution in [2.24, 2.45) is 0 Å². The molecule has 1 heterocycles. The lowest BCUT2D eigenvalue weighted by molar-refractivity contribution is 0.194. The summed E-state index contributed by atoms with van der Waals surface area (Å²) < 4.78 is 26.5. The Labute approximate surface area is 133 Å². The fourth-order valence-corrected chi connectivity index (χ4v) is 2.93. The number of hydrogen-bond acceptors (Lipinski definition) is 1. The predicted molar refractivity (Wildman–Crippen MR) is 85.4 cm³/mol. The molecule has 0 radical (unpaired) electrons. The molecular weight excluding hydrogens is 298 g/mol. The van der Waals surface area contributed by atoms with Crippen LogP contribution in [0.3, 0.4) is 0 Å². The Bertz CT molecular complexity index is 683. The molecule has 5 heteroatoms. The highest BCUT2D eigenvalue weighted by atomic mass is 19.1. The lowest BCUT2D eigenvalue weighted by Crippen LogP contribution is -2.40. The van der Waals surface area contributed by atoms with Gasteiger partial charge >= 0.3 is 6.03 Å². The number of carbonyl (C=O) groups excluding carboxylic acids is 1. The lowest BCUT2D eigenvalue weighted by Gasteiger charge is -2.32. The number of halogens is 2. The van der Waals surface area contributed by atoms with Gasteiger partial charge < -0.3 is 10.2 Å². The zero-order valence-electron chi connectivity index (χ0n) is 12.6. The summed E-state index contributed by atoms with van der Waals surface area (Å²) in [5.41, 5.74) is 1.29. The number of rotatable bonds is 2. The molecule has 23 heavy (non-hydrogen) atoms. The Hall–Kier alpha value is -2.43. The number of anilines is 1. The van der Waals surface area contributed by atoms with E-state index in [1.807, 2.05) is 18.2 Å². The van der Waals surface area contributed by atoms with Gasteiger partial charge in [-0.2, -0.15) is 0 Å². The predicted octanol–water partition coefficient (Wildman–Crippen LogP) is 4.38. The average molecular weight is 316 g/mol. The van der Waals surface area contributed by atoms with Crippen LogP contribution in [0.2, 0.25) is 0 Å². The molecule has 120 valence electrons. The number of nitrogens with one attached hydrogen (secondary N) is 1. The van der Waals surface area contributed by atoms with Crippen molar-refractivity contribution in [3.8, 4) is 0 Å². The third-order valence-electron chi connectivity index (χ3n) is 4.23. The lowest BCUT2D eigenvalue weighted by atomic mass is 9.90. The standard InChI is InChI=1S/C18H18F2N2O/c19-15-6-7-17(16(20)12-15)21-18(23)22-10-8-14(9-11-22)13-4-2-1-3-5-13/h1-7,12,14H,8-11H2,(H,21,23). The van der Waals surface area contributed by atoms with E-state index in [4.69, 9.17) is 0 Å². The number of benzene rings is 2. The minimum Gasteiger partial charge on any atom is -0.324 e. The molecule has 1 N–H and O–H groups in total. The third kappa shape index (κ3) is 3.67. The maximum Gasteiger partial charge on any atom is 0.321 e. The third-order valence-corrected chi connectivity index (χ3v) is 4.23. The highest BCUT2D eigenvalue weighted by Crippen LogP contribution is 2.28. The summed E-state index contributed by atoms with van der Waals surface area (Å²) in [4.78, 5) is 13.9. The number of carbonyl (C=O) groups is 1. The van der Waals surface area contributed by atoms with Gasteiger partial charge in [0, 0.05) is 19.2 Å². The molecule has 1 aliphatic heterocycles. The normalized spacial score (nSPS) is 15.5. The van der Waals surface area contributed by atoms with E-state index in [0.29, 0.717) is 19.0 Å².